The molecule has 0 amide bonds. The molecule has 0 saturated heterocycles. The first kappa shape index (κ1) is 15.3. The van der Waals surface area contributed by atoms with Gasteiger partial charge in [-0.2, -0.15) is 0 Å². The van der Waals surface area contributed by atoms with Crippen LogP contribution in [0.25, 0.3) is 0 Å². The summed E-state index contributed by atoms with van der Waals surface area (Å²) in [6.45, 7) is 8.85. The lowest BCUT2D eigenvalue weighted by Gasteiger charge is -2.21. The van der Waals surface area contributed by atoms with Gasteiger partial charge in [-0.3, -0.25) is 4.99 Å². The maximum atomic E-state index is 13.9. The van der Waals surface area contributed by atoms with E-state index >= 15 is 0 Å². The van der Waals surface area contributed by atoms with Gasteiger partial charge in [-0.25, -0.2) is 8.78 Å². The van der Waals surface area contributed by atoms with Gasteiger partial charge in [0, 0.05) is 5.25 Å². The van der Waals surface area contributed by atoms with Gasteiger partial charge in [0.15, 0.2) is 11.0 Å². The average molecular weight is 298 g/mol. The molecule has 2 rings (SSSR count). The van der Waals surface area contributed by atoms with Crippen LogP contribution in [0.4, 0.5) is 14.5 Å². The quantitative estimate of drug-likeness (QED) is 0.863. The van der Waals surface area contributed by atoms with Gasteiger partial charge in [-0.1, -0.05) is 38.6 Å². The summed E-state index contributed by atoms with van der Waals surface area (Å²) >= 11 is 1.56. The lowest BCUT2D eigenvalue weighted by Crippen LogP contribution is -2.16. The Bertz CT molecular complexity index is 535. The molecule has 1 unspecified atom stereocenters. The second-order valence-corrected chi connectivity index (χ2v) is 7.62. The van der Waals surface area contributed by atoms with Gasteiger partial charge in [0.25, 0.3) is 0 Å². The summed E-state index contributed by atoms with van der Waals surface area (Å²) in [5, 5.41) is 3.77. The summed E-state index contributed by atoms with van der Waals surface area (Å²) in [7, 11) is 0. The third kappa shape index (κ3) is 3.72. The predicted octanol–water partition coefficient (Wildman–Crippen LogP) is 4.59. The number of rotatable bonds is 2. The molecule has 1 heterocycles. The van der Waals surface area contributed by atoms with Crippen LogP contribution < -0.4 is 5.32 Å². The van der Waals surface area contributed by atoms with Crippen molar-refractivity contribution in [1.29, 1.82) is 0 Å². The van der Waals surface area contributed by atoms with Crippen molar-refractivity contribution in [1.82, 2.24) is 0 Å². The highest BCUT2D eigenvalue weighted by Gasteiger charge is 2.26. The molecular weight excluding hydrogens is 278 g/mol. The van der Waals surface area contributed by atoms with Crippen LogP contribution in [-0.2, 0) is 0 Å². The van der Waals surface area contributed by atoms with Crippen LogP contribution >= 0.6 is 11.8 Å². The zero-order valence-electron chi connectivity index (χ0n) is 12.3. The molecule has 0 radical (unpaired) electrons. The molecular formula is C15H20F2N2S. The molecule has 0 spiro atoms. The summed E-state index contributed by atoms with van der Waals surface area (Å²) in [5.74, 6) is -1.14. The zero-order valence-corrected chi connectivity index (χ0v) is 13.1. The summed E-state index contributed by atoms with van der Waals surface area (Å²) in [5.41, 5.74) is 0.541. The number of thioether (sulfide) groups is 1. The number of hydrogen-bond donors (Lipinski definition) is 1. The first-order chi connectivity index (χ1) is 9.26. The molecule has 1 aromatic carbocycles. The third-order valence-electron chi connectivity index (χ3n) is 3.07. The lowest BCUT2D eigenvalue weighted by atomic mass is 9.90. The van der Waals surface area contributed by atoms with E-state index in [1.807, 2.05) is 0 Å². The number of nitrogens with one attached hydrogen (secondary N) is 1. The normalized spacial score (nSPS) is 19.1. The van der Waals surface area contributed by atoms with E-state index in [0.29, 0.717) is 22.5 Å². The van der Waals surface area contributed by atoms with E-state index < -0.39 is 11.6 Å². The van der Waals surface area contributed by atoms with Crippen LogP contribution in [0.2, 0.25) is 0 Å². The predicted molar refractivity (Wildman–Crippen MR) is 82.5 cm³/mol. The highest BCUT2D eigenvalue weighted by molar-refractivity contribution is 8.15. The molecule has 0 saturated carbocycles. The Kier molecular flexibility index (Phi) is 4.37. The Balaban J connectivity index is 2.05. The van der Waals surface area contributed by atoms with Crippen molar-refractivity contribution in [2.45, 2.75) is 39.4 Å². The molecule has 1 atom stereocenters. The molecule has 0 aliphatic carbocycles. The highest BCUT2D eigenvalue weighted by Crippen LogP contribution is 2.33. The van der Waals surface area contributed by atoms with Crippen LogP contribution in [-0.4, -0.2) is 17.0 Å². The maximum absolute atomic E-state index is 13.9. The topological polar surface area (TPSA) is 24.4 Å². The summed E-state index contributed by atoms with van der Waals surface area (Å²) < 4.78 is 27.6. The van der Waals surface area contributed by atoms with Crippen LogP contribution in [0.15, 0.2) is 17.1 Å². The van der Waals surface area contributed by atoms with E-state index in [0.717, 1.165) is 6.42 Å². The molecule has 1 N–H and O–H groups in total. The number of benzene rings is 1. The maximum Gasteiger partial charge on any atom is 0.161 e. The Morgan fingerprint density at radius 2 is 2.05 bits per heavy atom. The van der Waals surface area contributed by atoms with Crippen LogP contribution in [0.3, 0.4) is 0 Å². The van der Waals surface area contributed by atoms with Crippen LogP contribution in [0.1, 0.15) is 32.8 Å². The minimum Gasteiger partial charge on any atom is -0.330 e. The smallest absolute Gasteiger partial charge is 0.161 e. The van der Waals surface area contributed by atoms with Crippen LogP contribution in [0.5, 0.6) is 0 Å². The number of anilines is 1. The van der Waals surface area contributed by atoms with Gasteiger partial charge < -0.3 is 5.32 Å². The Labute approximate surface area is 123 Å². The van der Waals surface area contributed by atoms with Crippen molar-refractivity contribution in [2.75, 3.05) is 11.9 Å². The summed E-state index contributed by atoms with van der Waals surface area (Å²) in [6.07, 6.45) is 1.02. The van der Waals surface area contributed by atoms with Crippen molar-refractivity contribution < 1.29 is 8.78 Å². The first-order valence-electron chi connectivity index (χ1n) is 6.69. The number of halogens is 2. The van der Waals surface area contributed by atoms with Gasteiger partial charge in [-0.05, 0) is 30.4 Å². The molecule has 2 nitrogen and oxygen atoms in total. The monoisotopic (exact) mass is 298 g/mol. The molecule has 1 aliphatic heterocycles. The van der Waals surface area contributed by atoms with Crippen molar-refractivity contribution >= 4 is 22.6 Å². The molecule has 5 heteroatoms. The average Bonchev–Trinajstić information content (AvgIpc) is 2.75. The number of aryl methyl sites for hydroxylation is 1. The van der Waals surface area contributed by atoms with E-state index in [2.05, 4.69) is 31.1 Å². The van der Waals surface area contributed by atoms with Gasteiger partial charge in [0.1, 0.15) is 11.5 Å². The third-order valence-corrected chi connectivity index (χ3v) is 4.18. The zero-order chi connectivity index (χ0) is 14.9. The van der Waals surface area contributed by atoms with E-state index in [4.69, 9.17) is 0 Å². The fourth-order valence-corrected chi connectivity index (χ4v) is 3.51. The standard InChI is InChI=1S/C15H20F2N2S/c1-9-5-6-11(16)13(12(9)17)19-14-18-8-10(20-14)7-15(2,3)4/h5-6,10H,7-8H2,1-4H3,(H,18,19). The minimum atomic E-state index is -0.587. The van der Waals surface area contributed by atoms with Gasteiger partial charge >= 0.3 is 0 Å². The van der Waals surface area contributed by atoms with Crippen molar-refractivity contribution in [2.24, 2.45) is 10.4 Å². The summed E-state index contributed by atoms with van der Waals surface area (Å²) in [4.78, 5) is 4.34. The Morgan fingerprint density at radius 3 is 2.70 bits per heavy atom. The molecule has 20 heavy (non-hydrogen) atoms. The second kappa shape index (κ2) is 5.72. The second-order valence-electron chi connectivity index (χ2n) is 6.33. The molecule has 0 fully saturated rings. The minimum absolute atomic E-state index is 0.104. The SMILES string of the molecule is Cc1ccc(F)c(NC2=NCC(CC(C)(C)C)S2)c1F. The number of amidine groups is 1. The lowest BCUT2D eigenvalue weighted by molar-refractivity contribution is 0.375. The fourth-order valence-electron chi connectivity index (χ4n) is 2.15. The number of hydrogen-bond acceptors (Lipinski definition) is 3. The van der Waals surface area contributed by atoms with E-state index in [9.17, 15) is 8.78 Å². The summed E-state index contributed by atoms with van der Waals surface area (Å²) in [6, 6.07) is 2.70. The Hall–Kier alpha value is -1.10. The molecule has 0 bridgehead atoms. The van der Waals surface area contributed by atoms with E-state index in [-0.39, 0.29) is 11.1 Å². The highest BCUT2D eigenvalue weighted by atomic mass is 32.2. The van der Waals surface area contributed by atoms with Crippen molar-refractivity contribution in [3.8, 4) is 0 Å². The first-order valence-corrected chi connectivity index (χ1v) is 7.57. The van der Waals surface area contributed by atoms with Crippen LogP contribution in [0, 0.1) is 24.0 Å². The van der Waals surface area contributed by atoms with E-state index in [1.165, 1.54) is 12.1 Å². The molecule has 1 aliphatic rings. The van der Waals surface area contributed by atoms with Crippen molar-refractivity contribution in [3.05, 3.63) is 29.3 Å². The van der Waals surface area contributed by atoms with E-state index in [1.54, 1.807) is 18.7 Å². The molecule has 1 aromatic rings. The van der Waals surface area contributed by atoms with Gasteiger partial charge in [0.05, 0.1) is 6.54 Å². The van der Waals surface area contributed by atoms with Gasteiger partial charge in [0.2, 0.25) is 0 Å². The van der Waals surface area contributed by atoms with Crippen molar-refractivity contribution in [3.63, 3.8) is 0 Å². The van der Waals surface area contributed by atoms with Gasteiger partial charge in [-0.15, -0.1) is 0 Å². The number of aliphatic imine (C=N–C) groups is 1. The Morgan fingerprint density at radius 1 is 1.35 bits per heavy atom. The number of nitrogens with zero attached hydrogens (tertiary/aromatic N) is 1. The molecule has 0 aromatic heterocycles. The molecule has 110 valence electrons. The largest absolute Gasteiger partial charge is 0.330 e. The fraction of sp³-hybridized carbons (Fsp3) is 0.533.